The van der Waals surface area contributed by atoms with Crippen LogP contribution in [0.4, 0.5) is 0 Å². The van der Waals surface area contributed by atoms with Crippen LogP contribution in [-0.2, 0) is 11.2 Å². The third-order valence-electron chi connectivity index (χ3n) is 2.33. The van der Waals surface area contributed by atoms with Gasteiger partial charge in [-0.15, -0.1) is 0 Å². The van der Waals surface area contributed by atoms with Crippen LogP contribution in [0.2, 0.25) is 0 Å². The highest BCUT2D eigenvalue weighted by Crippen LogP contribution is 2.21. The average molecular weight is 223 g/mol. The summed E-state index contributed by atoms with van der Waals surface area (Å²) in [5, 5.41) is 3.07. The van der Waals surface area contributed by atoms with E-state index in [0.717, 1.165) is 18.5 Å². The molecule has 1 N–H and O–H groups in total. The van der Waals surface area contributed by atoms with Gasteiger partial charge in [0.1, 0.15) is 11.3 Å². The van der Waals surface area contributed by atoms with Gasteiger partial charge in [0.25, 0.3) is 0 Å². The smallest absolute Gasteiger partial charge is 0.341 e. The number of carbonyl (C=O) groups is 1. The number of esters is 1. The maximum Gasteiger partial charge on any atom is 0.341 e. The summed E-state index contributed by atoms with van der Waals surface area (Å²) < 4.78 is 9.84. The van der Waals surface area contributed by atoms with Gasteiger partial charge in [-0.3, -0.25) is 0 Å². The van der Waals surface area contributed by atoms with Crippen molar-refractivity contribution in [3.05, 3.63) is 29.3 Å². The Morgan fingerprint density at radius 3 is 2.69 bits per heavy atom. The zero-order valence-electron chi connectivity index (χ0n) is 9.87. The van der Waals surface area contributed by atoms with Gasteiger partial charge < -0.3 is 14.8 Å². The van der Waals surface area contributed by atoms with Crippen LogP contribution in [0.25, 0.3) is 0 Å². The zero-order chi connectivity index (χ0) is 12.0. The largest absolute Gasteiger partial charge is 0.496 e. The van der Waals surface area contributed by atoms with Crippen molar-refractivity contribution in [2.45, 2.75) is 6.42 Å². The van der Waals surface area contributed by atoms with Crippen LogP contribution in [0.1, 0.15) is 15.9 Å². The topological polar surface area (TPSA) is 47.6 Å². The van der Waals surface area contributed by atoms with Crippen LogP contribution in [0.3, 0.4) is 0 Å². The van der Waals surface area contributed by atoms with E-state index in [0.29, 0.717) is 11.3 Å². The summed E-state index contributed by atoms with van der Waals surface area (Å²) in [6.07, 6.45) is 0.897. The molecule has 0 saturated heterocycles. The number of hydrogen-bond acceptors (Lipinski definition) is 4. The molecule has 1 aromatic rings. The van der Waals surface area contributed by atoms with E-state index in [9.17, 15) is 4.79 Å². The Hall–Kier alpha value is -1.55. The van der Waals surface area contributed by atoms with Crippen molar-refractivity contribution in [1.29, 1.82) is 0 Å². The van der Waals surface area contributed by atoms with Crippen LogP contribution in [0.5, 0.6) is 5.75 Å². The van der Waals surface area contributed by atoms with E-state index < -0.39 is 0 Å². The zero-order valence-corrected chi connectivity index (χ0v) is 9.87. The molecule has 1 aromatic carbocycles. The molecule has 0 aliphatic rings. The summed E-state index contributed by atoms with van der Waals surface area (Å²) in [4.78, 5) is 11.4. The molecular weight excluding hydrogens is 206 g/mol. The monoisotopic (exact) mass is 223 g/mol. The summed E-state index contributed by atoms with van der Waals surface area (Å²) in [7, 11) is 4.81. The second-order valence-electron chi connectivity index (χ2n) is 3.38. The van der Waals surface area contributed by atoms with Gasteiger partial charge in [-0.05, 0) is 37.7 Å². The quantitative estimate of drug-likeness (QED) is 0.763. The van der Waals surface area contributed by atoms with E-state index in [4.69, 9.17) is 4.74 Å². The van der Waals surface area contributed by atoms with Crippen molar-refractivity contribution in [3.63, 3.8) is 0 Å². The minimum absolute atomic E-state index is 0.378. The molecule has 0 bridgehead atoms. The Bertz CT molecular complexity index is 363. The summed E-state index contributed by atoms with van der Waals surface area (Å²) in [5.41, 5.74) is 1.58. The Kier molecular flexibility index (Phi) is 4.79. The fourth-order valence-corrected chi connectivity index (χ4v) is 1.44. The number of hydrogen-bond donors (Lipinski definition) is 1. The van der Waals surface area contributed by atoms with Gasteiger partial charge >= 0.3 is 5.97 Å². The molecule has 0 aliphatic carbocycles. The van der Waals surface area contributed by atoms with E-state index in [1.54, 1.807) is 13.2 Å². The molecule has 0 amide bonds. The molecule has 16 heavy (non-hydrogen) atoms. The lowest BCUT2D eigenvalue weighted by atomic mass is 10.1. The molecule has 0 heterocycles. The van der Waals surface area contributed by atoms with Gasteiger partial charge in [0.15, 0.2) is 0 Å². The first-order valence-corrected chi connectivity index (χ1v) is 5.12. The van der Waals surface area contributed by atoms with Crippen LogP contribution < -0.4 is 10.1 Å². The van der Waals surface area contributed by atoms with Gasteiger partial charge in [-0.2, -0.15) is 0 Å². The molecule has 0 radical (unpaired) electrons. The predicted molar refractivity (Wildman–Crippen MR) is 62.0 cm³/mol. The number of benzene rings is 1. The van der Waals surface area contributed by atoms with Crippen LogP contribution in [-0.4, -0.2) is 33.8 Å². The lowest BCUT2D eigenvalue weighted by molar-refractivity contribution is 0.0597. The highest BCUT2D eigenvalue weighted by atomic mass is 16.5. The predicted octanol–water partition coefficient (Wildman–Crippen LogP) is 1.24. The SMILES string of the molecule is CNCCc1ccc(C(=O)OC)c(OC)c1. The maximum atomic E-state index is 11.4. The second-order valence-corrected chi connectivity index (χ2v) is 3.38. The molecule has 1 rings (SSSR count). The van der Waals surface area contributed by atoms with Gasteiger partial charge in [0.2, 0.25) is 0 Å². The Balaban J connectivity index is 2.92. The first-order chi connectivity index (χ1) is 7.72. The Morgan fingerprint density at radius 2 is 2.12 bits per heavy atom. The van der Waals surface area contributed by atoms with E-state index in [2.05, 4.69) is 10.1 Å². The van der Waals surface area contributed by atoms with E-state index in [-0.39, 0.29) is 5.97 Å². The molecule has 0 aromatic heterocycles. The highest BCUT2D eigenvalue weighted by molar-refractivity contribution is 5.92. The van der Waals surface area contributed by atoms with Crippen molar-refractivity contribution in [2.24, 2.45) is 0 Å². The van der Waals surface area contributed by atoms with Gasteiger partial charge in [-0.1, -0.05) is 6.07 Å². The minimum atomic E-state index is -0.378. The standard InChI is InChI=1S/C12H17NO3/c1-13-7-6-9-4-5-10(12(14)16-3)11(8-9)15-2/h4-5,8,13H,6-7H2,1-3H3. The van der Waals surface area contributed by atoms with Crippen molar-refractivity contribution in [2.75, 3.05) is 27.8 Å². The highest BCUT2D eigenvalue weighted by Gasteiger charge is 2.12. The molecule has 0 atom stereocenters. The summed E-state index contributed by atoms with van der Waals surface area (Å²) in [5.74, 6) is 0.178. The molecule has 0 spiro atoms. The number of rotatable bonds is 5. The lowest BCUT2D eigenvalue weighted by Crippen LogP contribution is -2.11. The van der Waals surface area contributed by atoms with Crippen LogP contribution in [0.15, 0.2) is 18.2 Å². The molecule has 4 nitrogen and oxygen atoms in total. The van der Waals surface area contributed by atoms with Crippen molar-refractivity contribution in [3.8, 4) is 5.75 Å². The summed E-state index contributed by atoms with van der Waals surface area (Å²) in [6.45, 7) is 0.890. The van der Waals surface area contributed by atoms with E-state index >= 15 is 0 Å². The van der Waals surface area contributed by atoms with Gasteiger partial charge in [-0.25, -0.2) is 4.79 Å². The molecule has 0 aliphatic heterocycles. The first-order valence-electron chi connectivity index (χ1n) is 5.12. The number of carbonyl (C=O) groups excluding carboxylic acids is 1. The fraction of sp³-hybridized carbons (Fsp3) is 0.417. The van der Waals surface area contributed by atoms with E-state index in [1.807, 2.05) is 19.2 Å². The molecular formula is C12H17NO3. The summed E-state index contributed by atoms with van der Waals surface area (Å²) >= 11 is 0. The minimum Gasteiger partial charge on any atom is -0.496 e. The van der Waals surface area contributed by atoms with Crippen molar-refractivity contribution >= 4 is 5.97 Å². The molecule has 0 unspecified atom stereocenters. The number of methoxy groups -OCH3 is 2. The van der Waals surface area contributed by atoms with Crippen molar-refractivity contribution < 1.29 is 14.3 Å². The average Bonchev–Trinajstić information content (AvgIpc) is 2.34. The van der Waals surface area contributed by atoms with Gasteiger partial charge in [0, 0.05) is 0 Å². The lowest BCUT2D eigenvalue weighted by Gasteiger charge is -2.09. The number of ether oxygens (including phenoxy) is 2. The summed E-state index contributed by atoms with van der Waals surface area (Å²) in [6, 6.07) is 5.51. The van der Waals surface area contributed by atoms with Crippen LogP contribution in [0, 0.1) is 0 Å². The Labute approximate surface area is 95.6 Å². The molecule has 88 valence electrons. The van der Waals surface area contributed by atoms with E-state index in [1.165, 1.54) is 7.11 Å². The normalized spacial score (nSPS) is 9.94. The maximum absolute atomic E-state index is 11.4. The fourth-order valence-electron chi connectivity index (χ4n) is 1.44. The Morgan fingerprint density at radius 1 is 1.38 bits per heavy atom. The van der Waals surface area contributed by atoms with Gasteiger partial charge in [0.05, 0.1) is 14.2 Å². The first kappa shape index (κ1) is 12.5. The number of nitrogens with one attached hydrogen (secondary N) is 1. The number of likely N-dealkylation sites (N-methyl/N-ethyl adjacent to an activating group) is 1. The van der Waals surface area contributed by atoms with Crippen LogP contribution >= 0.6 is 0 Å². The molecule has 0 saturated carbocycles. The molecule has 4 heteroatoms. The third-order valence-corrected chi connectivity index (χ3v) is 2.33. The second kappa shape index (κ2) is 6.12. The molecule has 0 fully saturated rings. The van der Waals surface area contributed by atoms with Crippen molar-refractivity contribution in [1.82, 2.24) is 5.32 Å². The third kappa shape index (κ3) is 2.97.